The summed E-state index contributed by atoms with van der Waals surface area (Å²) in [6.07, 6.45) is 2.45. The van der Waals surface area contributed by atoms with Crippen molar-refractivity contribution in [3.05, 3.63) is 83.9 Å². The van der Waals surface area contributed by atoms with Crippen molar-refractivity contribution in [2.24, 2.45) is 0 Å². The number of nitriles is 2. The van der Waals surface area contributed by atoms with Gasteiger partial charge in [0.15, 0.2) is 0 Å². The van der Waals surface area contributed by atoms with Gasteiger partial charge in [0.25, 0.3) is 0 Å². The number of carbonyl (C=O) groups is 2. The Morgan fingerprint density at radius 1 is 0.571 bits per heavy atom. The molecule has 0 N–H and O–H groups in total. The van der Waals surface area contributed by atoms with Gasteiger partial charge in [-0.2, -0.15) is 10.5 Å². The van der Waals surface area contributed by atoms with Gasteiger partial charge in [0.05, 0.1) is 23.3 Å². The molecule has 6 heteroatoms. The quantitative estimate of drug-likeness (QED) is 0.176. The predicted molar refractivity (Wildman–Crippen MR) is 132 cm³/mol. The Bertz CT molecular complexity index is 1380. The minimum atomic E-state index is -0.323. The van der Waals surface area contributed by atoms with Crippen LogP contribution in [0.2, 0.25) is 0 Å². The number of hydrogen-bond acceptors (Lipinski definition) is 6. The molecule has 0 fully saturated rings. The van der Waals surface area contributed by atoms with Crippen LogP contribution in [-0.2, 0) is 9.59 Å². The molecule has 4 aromatic rings. The molecule has 0 atom stereocenters. The molecular formula is C29H22N2O4. The number of nitrogens with zero attached hydrogens (tertiary/aromatic N) is 2. The molecule has 35 heavy (non-hydrogen) atoms. The zero-order valence-corrected chi connectivity index (χ0v) is 19.0. The monoisotopic (exact) mass is 462 g/mol. The van der Waals surface area contributed by atoms with Crippen LogP contribution < -0.4 is 9.47 Å². The second-order valence-corrected chi connectivity index (χ2v) is 8.18. The van der Waals surface area contributed by atoms with Gasteiger partial charge in [-0.1, -0.05) is 30.7 Å². The fraction of sp³-hybridized carbons (Fsp3) is 0.172. The summed E-state index contributed by atoms with van der Waals surface area (Å²) in [6, 6.07) is 25.5. The van der Waals surface area contributed by atoms with Crippen LogP contribution in [0.25, 0.3) is 21.5 Å². The Labute approximate surface area is 202 Å². The molecule has 0 aliphatic rings. The molecule has 4 aromatic carbocycles. The van der Waals surface area contributed by atoms with Crippen molar-refractivity contribution in [2.45, 2.75) is 32.1 Å². The number of hydrogen-bond donors (Lipinski definition) is 0. The normalized spacial score (nSPS) is 10.5. The maximum atomic E-state index is 12.2. The highest BCUT2D eigenvalue weighted by Crippen LogP contribution is 2.24. The van der Waals surface area contributed by atoms with Crippen molar-refractivity contribution in [1.29, 1.82) is 10.5 Å². The lowest BCUT2D eigenvalue weighted by atomic mass is 10.1. The third-order valence-corrected chi connectivity index (χ3v) is 5.61. The van der Waals surface area contributed by atoms with E-state index in [4.69, 9.17) is 20.0 Å². The Morgan fingerprint density at radius 2 is 0.971 bits per heavy atom. The first-order chi connectivity index (χ1) is 17.0. The highest BCUT2D eigenvalue weighted by atomic mass is 16.5. The Hall–Kier alpha value is -4.68. The molecular weight excluding hydrogens is 440 g/mol. The number of fused-ring (bicyclic) bond motifs is 2. The van der Waals surface area contributed by atoms with E-state index in [2.05, 4.69) is 12.1 Å². The average molecular weight is 463 g/mol. The van der Waals surface area contributed by atoms with Gasteiger partial charge in [0, 0.05) is 12.8 Å². The first-order valence-electron chi connectivity index (χ1n) is 11.3. The Kier molecular flexibility index (Phi) is 7.35. The second-order valence-electron chi connectivity index (χ2n) is 8.18. The van der Waals surface area contributed by atoms with Gasteiger partial charge in [0.1, 0.15) is 11.5 Å². The lowest BCUT2D eigenvalue weighted by molar-refractivity contribution is -0.134. The van der Waals surface area contributed by atoms with E-state index in [-0.39, 0.29) is 24.8 Å². The molecule has 0 unspecified atom stereocenters. The summed E-state index contributed by atoms with van der Waals surface area (Å²) < 4.78 is 10.8. The summed E-state index contributed by atoms with van der Waals surface area (Å²) in [5, 5.41) is 21.6. The fourth-order valence-corrected chi connectivity index (χ4v) is 3.79. The van der Waals surface area contributed by atoms with Crippen LogP contribution in [0, 0.1) is 22.7 Å². The summed E-state index contributed by atoms with van der Waals surface area (Å²) in [7, 11) is 0. The van der Waals surface area contributed by atoms with Crippen LogP contribution in [0.4, 0.5) is 0 Å². The van der Waals surface area contributed by atoms with Crippen LogP contribution >= 0.6 is 0 Å². The molecule has 0 amide bonds. The molecule has 0 aromatic heterocycles. The zero-order valence-electron chi connectivity index (χ0n) is 19.0. The SMILES string of the molecule is N#Cc1ccc2cc(OC(=O)CCCCCC(=O)Oc3ccc4cc(C#N)ccc4c3)ccc2c1. The third kappa shape index (κ3) is 6.22. The van der Waals surface area contributed by atoms with Crippen molar-refractivity contribution in [1.82, 2.24) is 0 Å². The molecule has 0 bridgehead atoms. The van der Waals surface area contributed by atoms with E-state index in [0.29, 0.717) is 41.9 Å². The Morgan fingerprint density at radius 3 is 1.40 bits per heavy atom. The zero-order chi connectivity index (χ0) is 24.6. The van der Waals surface area contributed by atoms with Gasteiger partial charge < -0.3 is 9.47 Å². The average Bonchev–Trinajstić information content (AvgIpc) is 2.87. The molecule has 0 saturated heterocycles. The van der Waals surface area contributed by atoms with Crippen molar-refractivity contribution >= 4 is 33.5 Å². The van der Waals surface area contributed by atoms with Crippen molar-refractivity contribution in [3.63, 3.8) is 0 Å². The lowest BCUT2D eigenvalue weighted by Gasteiger charge is -2.07. The second kappa shape index (κ2) is 11.0. The van der Waals surface area contributed by atoms with Crippen LogP contribution in [-0.4, -0.2) is 11.9 Å². The summed E-state index contributed by atoms with van der Waals surface area (Å²) in [6.45, 7) is 0. The predicted octanol–water partition coefficient (Wildman–Crippen LogP) is 6.20. The first-order valence-corrected chi connectivity index (χ1v) is 11.3. The molecule has 0 heterocycles. The van der Waals surface area contributed by atoms with E-state index in [0.717, 1.165) is 21.5 Å². The Balaban J connectivity index is 1.18. The minimum Gasteiger partial charge on any atom is -0.427 e. The molecule has 4 rings (SSSR count). The van der Waals surface area contributed by atoms with E-state index in [1.807, 2.05) is 24.3 Å². The van der Waals surface area contributed by atoms with Crippen LogP contribution in [0.5, 0.6) is 11.5 Å². The number of rotatable bonds is 8. The largest absolute Gasteiger partial charge is 0.427 e. The van der Waals surface area contributed by atoms with E-state index in [1.54, 1.807) is 48.5 Å². The smallest absolute Gasteiger partial charge is 0.311 e. The molecule has 0 saturated carbocycles. The molecule has 0 aliphatic heterocycles. The van der Waals surface area contributed by atoms with Crippen LogP contribution in [0.1, 0.15) is 43.2 Å². The molecule has 0 radical (unpaired) electrons. The molecule has 0 spiro atoms. The highest BCUT2D eigenvalue weighted by molar-refractivity contribution is 5.87. The van der Waals surface area contributed by atoms with E-state index in [9.17, 15) is 9.59 Å². The number of unbranched alkanes of at least 4 members (excludes halogenated alkanes) is 2. The number of carbonyl (C=O) groups excluding carboxylic acids is 2. The number of esters is 2. The topological polar surface area (TPSA) is 100 Å². The lowest BCUT2D eigenvalue weighted by Crippen LogP contribution is -2.09. The van der Waals surface area contributed by atoms with Crippen molar-refractivity contribution < 1.29 is 19.1 Å². The van der Waals surface area contributed by atoms with Gasteiger partial charge in [-0.3, -0.25) is 9.59 Å². The number of ether oxygens (including phenoxy) is 2. The van der Waals surface area contributed by atoms with Crippen molar-refractivity contribution in [3.8, 4) is 23.6 Å². The van der Waals surface area contributed by atoms with Gasteiger partial charge in [-0.05, 0) is 82.9 Å². The minimum absolute atomic E-state index is 0.260. The van der Waals surface area contributed by atoms with Crippen LogP contribution in [0.3, 0.4) is 0 Å². The highest BCUT2D eigenvalue weighted by Gasteiger charge is 2.09. The van der Waals surface area contributed by atoms with Gasteiger partial charge in [-0.25, -0.2) is 0 Å². The van der Waals surface area contributed by atoms with E-state index >= 15 is 0 Å². The number of benzene rings is 4. The molecule has 6 nitrogen and oxygen atoms in total. The summed E-state index contributed by atoms with van der Waals surface area (Å²) >= 11 is 0. The van der Waals surface area contributed by atoms with Gasteiger partial charge in [-0.15, -0.1) is 0 Å². The van der Waals surface area contributed by atoms with Crippen molar-refractivity contribution in [2.75, 3.05) is 0 Å². The van der Waals surface area contributed by atoms with Gasteiger partial charge in [0.2, 0.25) is 0 Å². The molecule has 172 valence electrons. The third-order valence-electron chi connectivity index (χ3n) is 5.61. The maximum Gasteiger partial charge on any atom is 0.311 e. The summed E-state index contributed by atoms with van der Waals surface area (Å²) in [5.74, 6) is 0.289. The standard InChI is InChI=1S/C29H22N2O4/c30-18-20-6-8-24-16-26(12-10-22(24)14-20)34-28(32)4-2-1-3-5-29(33)35-27-13-11-23-15-21(19-31)7-9-25(23)17-27/h6-17H,1-5H2. The first kappa shape index (κ1) is 23.5. The van der Waals surface area contributed by atoms with E-state index < -0.39 is 0 Å². The van der Waals surface area contributed by atoms with E-state index in [1.165, 1.54) is 0 Å². The summed E-state index contributed by atoms with van der Waals surface area (Å²) in [5.41, 5.74) is 1.16. The maximum absolute atomic E-state index is 12.2. The molecule has 0 aliphatic carbocycles. The van der Waals surface area contributed by atoms with Gasteiger partial charge >= 0.3 is 11.9 Å². The van der Waals surface area contributed by atoms with Crippen LogP contribution in [0.15, 0.2) is 72.8 Å². The fourth-order valence-electron chi connectivity index (χ4n) is 3.79. The summed E-state index contributed by atoms with van der Waals surface area (Å²) in [4.78, 5) is 24.3.